The molecule has 0 saturated carbocycles. The van der Waals surface area contributed by atoms with Crippen LogP contribution < -0.4 is 0 Å². The maximum atomic E-state index is 12.5. The monoisotopic (exact) mass is 288 g/mol. The highest BCUT2D eigenvalue weighted by molar-refractivity contribution is 7.89. The predicted molar refractivity (Wildman–Crippen MR) is 70.2 cm³/mol. The van der Waals surface area contributed by atoms with E-state index in [0.29, 0.717) is 19.6 Å². The fraction of sp³-hybridized carbons (Fsp3) is 0.727. The maximum absolute atomic E-state index is 12.5. The lowest BCUT2D eigenvalue weighted by Crippen LogP contribution is -2.34. The van der Waals surface area contributed by atoms with Gasteiger partial charge in [0.25, 0.3) is 0 Å². The smallest absolute Gasteiger partial charge is 0.246 e. The summed E-state index contributed by atoms with van der Waals surface area (Å²) in [7, 11) is -1.47. The molecule has 108 valence electrons. The van der Waals surface area contributed by atoms with Gasteiger partial charge in [0.1, 0.15) is 4.90 Å². The summed E-state index contributed by atoms with van der Waals surface area (Å²) in [6, 6.07) is 0. The van der Waals surface area contributed by atoms with E-state index in [1.165, 1.54) is 21.4 Å². The number of hydrogen-bond donors (Lipinski definition) is 1. The summed E-state index contributed by atoms with van der Waals surface area (Å²) >= 11 is 0. The molecule has 8 heteroatoms. The van der Waals surface area contributed by atoms with Crippen LogP contribution in [-0.2, 0) is 16.6 Å². The summed E-state index contributed by atoms with van der Waals surface area (Å²) in [6.45, 7) is 2.94. The van der Waals surface area contributed by atoms with Crippen LogP contribution >= 0.6 is 0 Å². The lowest BCUT2D eigenvalue weighted by atomic mass is 10.4. The normalized spacial score (nSPS) is 19.5. The number of nitrogens with zero attached hydrogens (tertiary/aromatic N) is 4. The molecule has 1 saturated heterocycles. The van der Waals surface area contributed by atoms with E-state index >= 15 is 0 Å². The minimum absolute atomic E-state index is 0.0598. The molecule has 0 spiro atoms. The fourth-order valence-corrected chi connectivity index (χ4v) is 3.54. The highest BCUT2D eigenvalue weighted by atomic mass is 32.2. The van der Waals surface area contributed by atoms with E-state index in [1.54, 1.807) is 0 Å². The summed E-state index contributed by atoms with van der Waals surface area (Å²) in [5.74, 6) is 0. The van der Waals surface area contributed by atoms with Gasteiger partial charge in [0.2, 0.25) is 10.0 Å². The van der Waals surface area contributed by atoms with E-state index in [-0.39, 0.29) is 11.5 Å². The van der Waals surface area contributed by atoms with Gasteiger partial charge < -0.3 is 10.0 Å². The van der Waals surface area contributed by atoms with E-state index < -0.39 is 10.0 Å². The molecule has 0 aromatic carbocycles. The van der Waals surface area contributed by atoms with E-state index in [4.69, 9.17) is 5.11 Å². The minimum Gasteiger partial charge on any atom is -0.394 e. The molecule has 0 radical (unpaired) electrons. The number of aliphatic hydroxyl groups excluding tert-OH is 1. The SMILES string of the molecule is CN1CCCN(S(=O)(=O)c2cnn(CCO)c2)CC1. The summed E-state index contributed by atoms with van der Waals surface area (Å²) in [5, 5.41) is 12.8. The lowest BCUT2D eigenvalue weighted by Gasteiger charge is -2.19. The van der Waals surface area contributed by atoms with Crippen molar-refractivity contribution in [1.82, 2.24) is 19.0 Å². The molecular weight excluding hydrogens is 268 g/mol. The van der Waals surface area contributed by atoms with Crippen LogP contribution in [0.4, 0.5) is 0 Å². The third kappa shape index (κ3) is 3.33. The maximum Gasteiger partial charge on any atom is 0.246 e. The lowest BCUT2D eigenvalue weighted by molar-refractivity contribution is 0.269. The average Bonchev–Trinajstić information content (AvgIpc) is 2.72. The highest BCUT2D eigenvalue weighted by Gasteiger charge is 2.27. The van der Waals surface area contributed by atoms with Crippen LogP contribution in [0.5, 0.6) is 0 Å². The Bertz CT molecular complexity index is 514. The average molecular weight is 288 g/mol. The molecule has 2 rings (SSSR count). The first-order chi connectivity index (χ1) is 9.04. The molecule has 1 aliphatic heterocycles. The van der Waals surface area contributed by atoms with Gasteiger partial charge in [0, 0.05) is 25.8 Å². The molecule has 2 heterocycles. The van der Waals surface area contributed by atoms with Crippen LogP contribution in [0, 0.1) is 0 Å². The first kappa shape index (κ1) is 14.4. The van der Waals surface area contributed by atoms with Crippen LogP contribution in [-0.4, -0.2) is 72.3 Å². The minimum atomic E-state index is -3.46. The Morgan fingerprint density at radius 1 is 1.32 bits per heavy atom. The molecule has 1 aromatic rings. The number of rotatable bonds is 4. The molecule has 19 heavy (non-hydrogen) atoms. The second kappa shape index (κ2) is 6.00. The second-order valence-electron chi connectivity index (χ2n) is 4.72. The van der Waals surface area contributed by atoms with Gasteiger partial charge in [0.15, 0.2) is 0 Å². The first-order valence-corrected chi connectivity index (χ1v) is 7.80. The molecule has 0 aliphatic carbocycles. The molecule has 7 nitrogen and oxygen atoms in total. The fourth-order valence-electron chi connectivity index (χ4n) is 2.11. The van der Waals surface area contributed by atoms with Gasteiger partial charge >= 0.3 is 0 Å². The summed E-state index contributed by atoms with van der Waals surface area (Å²) in [4.78, 5) is 2.33. The van der Waals surface area contributed by atoms with Gasteiger partial charge in [-0.15, -0.1) is 0 Å². The molecule has 1 N–H and O–H groups in total. The zero-order chi connectivity index (χ0) is 13.9. The summed E-state index contributed by atoms with van der Waals surface area (Å²) < 4.78 is 27.9. The zero-order valence-electron chi connectivity index (χ0n) is 11.1. The van der Waals surface area contributed by atoms with Crippen molar-refractivity contribution >= 4 is 10.0 Å². The van der Waals surface area contributed by atoms with E-state index in [2.05, 4.69) is 10.00 Å². The van der Waals surface area contributed by atoms with Crippen molar-refractivity contribution in [3.05, 3.63) is 12.4 Å². The Balaban J connectivity index is 2.15. The van der Waals surface area contributed by atoms with Crippen molar-refractivity contribution in [3.63, 3.8) is 0 Å². The first-order valence-electron chi connectivity index (χ1n) is 6.36. The van der Waals surface area contributed by atoms with Crippen molar-refractivity contribution in [1.29, 1.82) is 0 Å². The van der Waals surface area contributed by atoms with Crippen molar-refractivity contribution in [2.45, 2.75) is 17.9 Å². The Morgan fingerprint density at radius 2 is 2.11 bits per heavy atom. The van der Waals surface area contributed by atoms with Crippen LogP contribution in [0.3, 0.4) is 0 Å². The van der Waals surface area contributed by atoms with Gasteiger partial charge in [-0.1, -0.05) is 0 Å². The second-order valence-corrected chi connectivity index (χ2v) is 6.66. The molecule has 0 unspecified atom stereocenters. The van der Waals surface area contributed by atoms with Crippen molar-refractivity contribution in [3.8, 4) is 0 Å². The van der Waals surface area contributed by atoms with Gasteiger partial charge in [-0.2, -0.15) is 9.40 Å². The number of likely N-dealkylation sites (N-methyl/N-ethyl adjacent to an activating group) is 1. The van der Waals surface area contributed by atoms with Crippen molar-refractivity contribution in [2.24, 2.45) is 0 Å². The van der Waals surface area contributed by atoms with Crippen LogP contribution in [0.2, 0.25) is 0 Å². The molecule has 0 amide bonds. The van der Waals surface area contributed by atoms with Crippen LogP contribution in [0.1, 0.15) is 6.42 Å². The largest absolute Gasteiger partial charge is 0.394 e. The van der Waals surface area contributed by atoms with Crippen LogP contribution in [0.15, 0.2) is 17.3 Å². The van der Waals surface area contributed by atoms with E-state index in [9.17, 15) is 8.42 Å². The number of aliphatic hydroxyl groups is 1. The number of sulfonamides is 1. The molecule has 0 bridgehead atoms. The van der Waals surface area contributed by atoms with E-state index in [1.807, 2.05) is 7.05 Å². The third-order valence-electron chi connectivity index (χ3n) is 3.25. The van der Waals surface area contributed by atoms with E-state index in [0.717, 1.165) is 19.5 Å². The molecule has 1 aliphatic rings. The topological polar surface area (TPSA) is 78.7 Å². The molecular formula is C11H20N4O3S. The Hall–Kier alpha value is -0.960. The number of aromatic nitrogens is 2. The molecule has 1 aromatic heterocycles. The number of hydrogen-bond acceptors (Lipinski definition) is 5. The Kier molecular flexibility index (Phi) is 4.56. The standard InChI is InChI=1S/C11H20N4O3S/c1-13-3-2-4-15(6-5-13)19(17,18)11-9-12-14(10-11)7-8-16/h9-10,16H,2-8H2,1H3. The van der Waals surface area contributed by atoms with Gasteiger partial charge in [-0.25, -0.2) is 8.42 Å². The Morgan fingerprint density at radius 3 is 2.84 bits per heavy atom. The zero-order valence-corrected chi connectivity index (χ0v) is 11.9. The predicted octanol–water partition coefficient (Wildman–Crippen LogP) is -0.798. The highest BCUT2D eigenvalue weighted by Crippen LogP contribution is 2.16. The van der Waals surface area contributed by atoms with Gasteiger partial charge in [-0.3, -0.25) is 4.68 Å². The molecule has 0 atom stereocenters. The van der Waals surface area contributed by atoms with Gasteiger partial charge in [-0.05, 0) is 20.0 Å². The summed E-state index contributed by atoms with van der Waals surface area (Å²) in [5.41, 5.74) is 0. The van der Waals surface area contributed by atoms with Gasteiger partial charge in [0.05, 0.1) is 19.3 Å². The Labute approximate surface area is 113 Å². The third-order valence-corrected chi connectivity index (χ3v) is 5.11. The quantitative estimate of drug-likeness (QED) is 0.785. The van der Waals surface area contributed by atoms with Crippen LogP contribution in [0.25, 0.3) is 0 Å². The van der Waals surface area contributed by atoms with Crippen molar-refractivity contribution < 1.29 is 13.5 Å². The summed E-state index contributed by atoms with van der Waals surface area (Å²) in [6.07, 6.45) is 3.65. The molecule has 1 fully saturated rings. The van der Waals surface area contributed by atoms with Crippen molar-refractivity contribution in [2.75, 3.05) is 39.8 Å².